The van der Waals surface area contributed by atoms with Gasteiger partial charge in [-0.25, -0.2) is 4.68 Å². The fourth-order valence-corrected chi connectivity index (χ4v) is 2.09. The van der Waals surface area contributed by atoms with Gasteiger partial charge in [0.25, 0.3) is 0 Å². The van der Waals surface area contributed by atoms with E-state index < -0.39 is 0 Å². The molecule has 0 fully saturated rings. The number of aryl methyl sites for hydroxylation is 1. The van der Waals surface area contributed by atoms with E-state index in [1.54, 1.807) is 4.68 Å². The third-order valence-corrected chi connectivity index (χ3v) is 3.23. The van der Waals surface area contributed by atoms with Gasteiger partial charge in [-0.05, 0) is 30.7 Å². The number of hydrogen-bond donors (Lipinski definition) is 1. The monoisotopic (exact) mass is 308 g/mol. The summed E-state index contributed by atoms with van der Waals surface area (Å²) < 4.78 is 7.53. The van der Waals surface area contributed by atoms with E-state index in [0.717, 1.165) is 28.6 Å². The van der Waals surface area contributed by atoms with Crippen LogP contribution in [0.15, 0.2) is 24.4 Å². The van der Waals surface area contributed by atoms with Gasteiger partial charge >= 0.3 is 0 Å². The zero-order chi connectivity index (χ0) is 15.2. The van der Waals surface area contributed by atoms with Crippen molar-refractivity contribution in [2.24, 2.45) is 0 Å². The quantitative estimate of drug-likeness (QED) is 0.854. The first-order chi connectivity index (χ1) is 10.0. The molecule has 114 valence electrons. The molecule has 6 heteroatoms. The van der Waals surface area contributed by atoms with Crippen molar-refractivity contribution in [3.63, 3.8) is 0 Å². The SMILES string of the molecule is Cc1cc(Cl)ccc1OCCn1cc(CNC(C)C)nn1. The highest BCUT2D eigenvalue weighted by Gasteiger charge is 2.03. The molecule has 0 aliphatic carbocycles. The third kappa shape index (κ3) is 5.02. The molecule has 1 aromatic heterocycles. The summed E-state index contributed by atoms with van der Waals surface area (Å²) >= 11 is 5.92. The molecule has 0 saturated carbocycles. The van der Waals surface area contributed by atoms with Crippen molar-refractivity contribution >= 4 is 11.6 Å². The van der Waals surface area contributed by atoms with Crippen molar-refractivity contribution in [2.45, 2.75) is 39.9 Å². The minimum atomic E-state index is 0.436. The minimum Gasteiger partial charge on any atom is -0.491 e. The number of nitrogens with one attached hydrogen (secondary N) is 1. The Morgan fingerprint density at radius 2 is 2.19 bits per heavy atom. The summed E-state index contributed by atoms with van der Waals surface area (Å²) in [6, 6.07) is 6.04. The summed E-state index contributed by atoms with van der Waals surface area (Å²) in [7, 11) is 0. The molecule has 1 N–H and O–H groups in total. The van der Waals surface area contributed by atoms with Gasteiger partial charge in [-0.1, -0.05) is 30.7 Å². The Balaban J connectivity index is 1.80. The molecule has 0 atom stereocenters. The second-order valence-corrected chi connectivity index (χ2v) is 5.70. The van der Waals surface area contributed by atoms with E-state index in [1.165, 1.54) is 0 Å². The van der Waals surface area contributed by atoms with Gasteiger partial charge in [-0.2, -0.15) is 0 Å². The van der Waals surface area contributed by atoms with Crippen LogP contribution in [0, 0.1) is 6.92 Å². The molecule has 5 nitrogen and oxygen atoms in total. The Kier molecular flexibility index (Phi) is 5.59. The number of ether oxygens (including phenoxy) is 1. The van der Waals surface area contributed by atoms with Gasteiger partial charge < -0.3 is 10.1 Å². The van der Waals surface area contributed by atoms with Crippen molar-refractivity contribution < 1.29 is 4.74 Å². The lowest BCUT2D eigenvalue weighted by atomic mass is 10.2. The Hall–Kier alpha value is -1.59. The second kappa shape index (κ2) is 7.43. The molecule has 21 heavy (non-hydrogen) atoms. The molecule has 0 radical (unpaired) electrons. The molecule has 1 heterocycles. The molecule has 0 spiro atoms. The van der Waals surface area contributed by atoms with Gasteiger partial charge in [0.1, 0.15) is 12.4 Å². The van der Waals surface area contributed by atoms with Gasteiger partial charge in [0.15, 0.2) is 0 Å². The van der Waals surface area contributed by atoms with Crippen LogP contribution in [0.25, 0.3) is 0 Å². The maximum Gasteiger partial charge on any atom is 0.122 e. The summed E-state index contributed by atoms with van der Waals surface area (Å²) in [5, 5.41) is 12.2. The molecule has 2 rings (SSSR count). The number of rotatable bonds is 7. The normalized spacial score (nSPS) is 11.1. The predicted octanol–water partition coefficient (Wildman–Crippen LogP) is 2.82. The average Bonchev–Trinajstić information content (AvgIpc) is 2.87. The maximum atomic E-state index is 5.92. The molecule has 0 bridgehead atoms. The molecular formula is C15H21ClN4O. The van der Waals surface area contributed by atoms with E-state index >= 15 is 0 Å². The van der Waals surface area contributed by atoms with Crippen LogP contribution in [0.3, 0.4) is 0 Å². The highest BCUT2D eigenvalue weighted by Crippen LogP contribution is 2.21. The van der Waals surface area contributed by atoms with Crippen molar-refractivity contribution in [1.82, 2.24) is 20.3 Å². The lowest BCUT2D eigenvalue weighted by molar-refractivity contribution is 0.288. The fourth-order valence-electron chi connectivity index (χ4n) is 1.86. The highest BCUT2D eigenvalue weighted by molar-refractivity contribution is 6.30. The first kappa shape index (κ1) is 15.8. The molecule has 0 unspecified atom stereocenters. The van der Waals surface area contributed by atoms with Crippen LogP contribution in [0.5, 0.6) is 5.75 Å². The van der Waals surface area contributed by atoms with Crippen LogP contribution in [0.1, 0.15) is 25.1 Å². The van der Waals surface area contributed by atoms with Crippen molar-refractivity contribution in [1.29, 1.82) is 0 Å². The van der Waals surface area contributed by atoms with Gasteiger partial charge in [-0.3, -0.25) is 0 Å². The zero-order valence-corrected chi connectivity index (χ0v) is 13.4. The van der Waals surface area contributed by atoms with Crippen LogP contribution < -0.4 is 10.1 Å². The largest absolute Gasteiger partial charge is 0.491 e. The van der Waals surface area contributed by atoms with E-state index in [1.807, 2.05) is 31.3 Å². The van der Waals surface area contributed by atoms with Crippen molar-refractivity contribution in [2.75, 3.05) is 6.61 Å². The summed E-state index contributed by atoms with van der Waals surface area (Å²) in [6.45, 7) is 8.13. The lowest BCUT2D eigenvalue weighted by Crippen LogP contribution is -2.21. The topological polar surface area (TPSA) is 52.0 Å². The fraction of sp³-hybridized carbons (Fsp3) is 0.467. The molecular weight excluding hydrogens is 288 g/mol. The molecule has 1 aromatic carbocycles. The highest BCUT2D eigenvalue weighted by atomic mass is 35.5. The summed E-state index contributed by atoms with van der Waals surface area (Å²) in [5.74, 6) is 0.848. The van der Waals surface area contributed by atoms with E-state index in [0.29, 0.717) is 19.2 Å². The molecule has 2 aromatic rings. The molecule has 0 aliphatic heterocycles. The van der Waals surface area contributed by atoms with Gasteiger partial charge in [0.05, 0.1) is 12.2 Å². The van der Waals surface area contributed by atoms with Crippen LogP contribution in [-0.2, 0) is 13.1 Å². The molecule has 0 aliphatic rings. The van der Waals surface area contributed by atoms with E-state index in [-0.39, 0.29) is 0 Å². The summed E-state index contributed by atoms with van der Waals surface area (Å²) in [4.78, 5) is 0. The van der Waals surface area contributed by atoms with Gasteiger partial charge in [0.2, 0.25) is 0 Å². The number of aromatic nitrogens is 3. The van der Waals surface area contributed by atoms with Crippen LogP contribution >= 0.6 is 11.6 Å². The Morgan fingerprint density at radius 3 is 2.90 bits per heavy atom. The number of halogens is 1. The van der Waals surface area contributed by atoms with Crippen molar-refractivity contribution in [3.05, 3.63) is 40.7 Å². The molecule has 0 saturated heterocycles. The summed E-state index contributed by atoms with van der Waals surface area (Å²) in [5.41, 5.74) is 1.97. The smallest absolute Gasteiger partial charge is 0.122 e. The Bertz CT molecular complexity index is 583. The van der Waals surface area contributed by atoms with Gasteiger partial charge in [-0.15, -0.1) is 5.10 Å². The van der Waals surface area contributed by atoms with E-state index in [9.17, 15) is 0 Å². The second-order valence-electron chi connectivity index (χ2n) is 5.27. The first-order valence-corrected chi connectivity index (χ1v) is 7.43. The number of hydrogen-bond acceptors (Lipinski definition) is 4. The Morgan fingerprint density at radius 1 is 1.38 bits per heavy atom. The van der Waals surface area contributed by atoms with Crippen molar-refractivity contribution in [3.8, 4) is 5.75 Å². The van der Waals surface area contributed by atoms with E-state index in [2.05, 4.69) is 29.5 Å². The lowest BCUT2D eigenvalue weighted by Gasteiger charge is -2.09. The minimum absolute atomic E-state index is 0.436. The van der Waals surface area contributed by atoms with Gasteiger partial charge in [0, 0.05) is 23.8 Å². The first-order valence-electron chi connectivity index (χ1n) is 7.06. The molecule has 0 amide bonds. The van der Waals surface area contributed by atoms with E-state index in [4.69, 9.17) is 16.3 Å². The number of benzene rings is 1. The standard InChI is InChI=1S/C15H21ClN4O/c1-11(2)17-9-14-10-20(19-18-14)6-7-21-15-5-4-13(16)8-12(15)3/h4-5,8,10-11,17H,6-7,9H2,1-3H3. The Labute approximate surface area is 130 Å². The summed E-state index contributed by atoms with van der Waals surface area (Å²) in [6.07, 6.45) is 1.94. The zero-order valence-electron chi connectivity index (χ0n) is 12.6. The maximum absolute atomic E-state index is 5.92. The number of nitrogens with zero attached hydrogens (tertiary/aromatic N) is 3. The van der Waals surface area contributed by atoms with Crippen LogP contribution in [0.2, 0.25) is 5.02 Å². The average molecular weight is 309 g/mol. The van der Waals surface area contributed by atoms with Crippen LogP contribution in [-0.4, -0.2) is 27.6 Å². The third-order valence-electron chi connectivity index (χ3n) is 2.99. The van der Waals surface area contributed by atoms with Crippen LogP contribution in [0.4, 0.5) is 0 Å². The predicted molar refractivity (Wildman–Crippen MR) is 83.7 cm³/mol.